The molecule has 0 saturated carbocycles. The molecule has 0 fully saturated rings. The van der Waals surface area contributed by atoms with Gasteiger partial charge in [0.25, 0.3) is 0 Å². The molecule has 0 aliphatic rings. The molecule has 0 atom stereocenters. The van der Waals surface area contributed by atoms with Gasteiger partial charge in [-0.3, -0.25) is 4.90 Å². The van der Waals surface area contributed by atoms with Crippen molar-refractivity contribution in [2.24, 2.45) is 0 Å². The molecule has 0 aromatic carbocycles. The highest BCUT2D eigenvalue weighted by Gasteiger charge is 2.06. The lowest BCUT2D eigenvalue weighted by Gasteiger charge is -2.23. The van der Waals surface area contributed by atoms with Gasteiger partial charge >= 0.3 is 0 Å². The Kier molecular flexibility index (Phi) is 9.02. The maximum atomic E-state index is 4.66. The Labute approximate surface area is 130 Å². The maximum absolute atomic E-state index is 4.66. The van der Waals surface area contributed by atoms with Crippen molar-refractivity contribution >= 4 is 5.82 Å². The molecule has 0 bridgehead atoms. The minimum Gasteiger partial charge on any atom is -0.370 e. The normalized spacial score (nSPS) is 11.3. The van der Waals surface area contributed by atoms with Crippen LogP contribution in [0.15, 0.2) is 18.2 Å². The van der Waals surface area contributed by atoms with Crippen molar-refractivity contribution in [2.75, 3.05) is 44.6 Å². The lowest BCUT2D eigenvalue weighted by atomic mass is 10.3. The van der Waals surface area contributed by atoms with Crippen LogP contribution in [-0.4, -0.2) is 54.1 Å². The molecule has 1 aromatic heterocycles. The van der Waals surface area contributed by atoms with E-state index in [1.807, 2.05) is 6.07 Å². The number of anilines is 1. The van der Waals surface area contributed by atoms with E-state index in [1.165, 1.54) is 13.0 Å². The summed E-state index contributed by atoms with van der Waals surface area (Å²) >= 11 is 0. The monoisotopic (exact) mass is 292 g/mol. The molecule has 1 rings (SSSR count). The molecule has 0 unspecified atom stereocenters. The molecule has 1 heterocycles. The number of pyridine rings is 1. The van der Waals surface area contributed by atoms with Crippen LogP contribution in [0.2, 0.25) is 0 Å². The van der Waals surface area contributed by atoms with Crippen molar-refractivity contribution in [3.63, 3.8) is 0 Å². The number of nitrogens with one attached hydrogen (secondary N) is 1. The van der Waals surface area contributed by atoms with Crippen molar-refractivity contribution in [2.45, 2.75) is 40.7 Å². The summed E-state index contributed by atoms with van der Waals surface area (Å²) in [6.07, 6.45) is 1.22. The third-order valence-electron chi connectivity index (χ3n) is 3.84. The number of nitrogens with zero attached hydrogens (tertiary/aromatic N) is 3. The van der Waals surface area contributed by atoms with Crippen molar-refractivity contribution in [1.82, 2.24) is 14.8 Å². The van der Waals surface area contributed by atoms with Gasteiger partial charge in [-0.25, -0.2) is 4.98 Å². The van der Waals surface area contributed by atoms with Gasteiger partial charge in [0.15, 0.2) is 0 Å². The minimum atomic E-state index is 0.914. The largest absolute Gasteiger partial charge is 0.370 e. The second-order valence-corrected chi connectivity index (χ2v) is 5.29. The van der Waals surface area contributed by atoms with E-state index in [0.717, 1.165) is 50.8 Å². The third kappa shape index (κ3) is 6.91. The summed E-state index contributed by atoms with van der Waals surface area (Å²) in [6.45, 7) is 16.3. The molecular formula is C17H32N4. The van der Waals surface area contributed by atoms with Gasteiger partial charge in [0, 0.05) is 13.1 Å². The van der Waals surface area contributed by atoms with Gasteiger partial charge in [0.05, 0.1) is 5.69 Å². The smallest absolute Gasteiger partial charge is 0.126 e. The number of hydrogen-bond acceptors (Lipinski definition) is 4. The van der Waals surface area contributed by atoms with Gasteiger partial charge in [0.2, 0.25) is 0 Å². The van der Waals surface area contributed by atoms with Crippen molar-refractivity contribution in [3.05, 3.63) is 23.9 Å². The first-order chi connectivity index (χ1) is 10.2. The zero-order valence-electron chi connectivity index (χ0n) is 14.2. The summed E-state index contributed by atoms with van der Waals surface area (Å²) in [5.74, 6) is 0.981. The van der Waals surface area contributed by atoms with E-state index in [2.05, 4.69) is 59.9 Å². The van der Waals surface area contributed by atoms with E-state index in [1.54, 1.807) is 0 Å². The van der Waals surface area contributed by atoms with E-state index < -0.39 is 0 Å². The van der Waals surface area contributed by atoms with E-state index in [9.17, 15) is 0 Å². The molecule has 0 radical (unpaired) electrons. The predicted molar refractivity (Wildman–Crippen MR) is 91.8 cm³/mol. The maximum Gasteiger partial charge on any atom is 0.126 e. The number of aromatic nitrogens is 1. The Bertz CT molecular complexity index is 377. The SMILES string of the molecule is CCNc1cccc(CN(CC)CCCN(CC)CC)n1. The highest BCUT2D eigenvalue weighted by atomic mass is 15.1. The predicted octanol–water partition coefficient (Wildman–Crippen LogP) is 3.07. The zero-order chi connectivity index (χ0) is 15.5. The Morgan fingerprint density at radius 1 is 0.952 bits per heavy atom. The lowest BCUT2D eigenvalue weighted by molar-refractivity contribution is 0.237. The van der Waals surface area contributed by atoms with Crippen LogP contribution in [-0.2, 0) is 6.54 Å². The average molecular weight is 292 g/mol. The highest BCUT2D eigenvalue weighted by Crippen LogP contribution is 2.08. The summed E-state index contributed by atoms with van der Waals surface area (Å²) in [5, 5.41) is 3.28. The fourth-order valence-electron chi connectivity index (χ4n) is 2.48. The molecule has 21 heavy (non-hydrogen) atoms. The van der Waals surface area contributed by atoms with Gasteiger partial charge < -0.3 is 10.2 Å². The second-order valence-electron chi connectivity index (χ2n) is 5.29. The summed E-state index contributed by atoms with van der Waals surface area (Å²) in [7, 11) is 0. The van der Waals surface area contributed by atoms with E-state index in [4.69, 9.17) is 0 Å². The molecular weight excluding hydrogens is 260 g/mol. The fraction of sp³-hybridized carbons (Fsp3) is 0.706. The van der Waals surface area contributed by atoms with Crippen molar-refractivity contribution < 1.29 is 0 Å². The van der Waals surface area contributed by atoms with E-state index in [0.29, 0.717) is 0 Å². The molecule has 0 saturated heterocycles. The van der Waals surface area contributed by atoms with Crippen molar-refractivity contribution in [3.8, 4) is 0 Å². The van der Waals surface area contributed by atoms with Crippen LogP contribution in [0.25, 0.3) is 0 Å². The summed E-state index contributed by atoms with van der Waals surface area (Å²) in [5.41, 5.74) is 1.15. The highest BCUT2D eigenvalue weighted by molar-refractivity contribution is 5.34. The Morgan fingerprint density at radius 2 is 1.62 bits per heavy atom. The Hall–Kier alpha value is -1.13. The molecule has 4 nitrogen and oxygen atoms in total. The standard InChI is InChI=1S/C17H32N4/c1-5-18-17-12-9-11-16(19-17)15-21(8-4)14-10-13-20(6-2)7-3/h9,11-12H,5-8,10,13-15H2,1-4H3,(H,18,19). The minimum absolute atomic E-state index is 0.914. The molecule has 4 heteroatoms. The summed E-state index contributed by atoms with van der Waals surface area (Å²) in [6, 6.07) is 6.24. The first kappa shape index (κ1) is 17.9. The van der Waals surface area contributed by atoms with Crippen LogP contribution in [0.1, 0.15) is 39.8 Å². The molecule has 0 amide bonds. The average Bonchev–Trinajstić information content (AvgIpc) is 2.51. The van der Waals surface area contributed by atoms with Crippen LogP contribution in [0.3, 0.4) is 0 Å². The summed E-state index contributed by atoms with van der Waals surface area (Å²) < 4.78 is 0. The van der Waals surface area contributed by atoms with Crippen LogP contribution in [0, 0.1) is 0 Å². The molecule has 0 aliphatic heterocycles. The number of rotatable bonds is 11. The third-order valence-corrected chi connectivity index (χ3v) is 3.84. The second kappa shape index (κ2) is 10.6. The van der Waals surface area contributed by atoms with Crippen LogP contribution >= 0.6 is 0 Å². The van der Waals surface area contributed by atoms with Gasteiger partial charge in [-0.05, 0) is 58.2 Å². The van der Waals surface area contributed by atoms with Crippen LogP contribution in [0.5, 0.6) is 0 Å². The van der Waals surface area contributed by atoms with Gasteiger partial charge in [0.1, 0.15) is 5.82 Å². The number of hydrogen-bond donors (Lipinski definition) is 1. The van der Waals surface area contributed by atoms with Crippen LogP contribution < -0.4 is 5.32 Å². The van der Waals surface area contributed by atoms with E-state index in [-0.39, 0.29) is 0 Å². The molecule has 1 aromatic rings. The first-order valence-corrected chi connectivity index (χ1v) is 8.37. The lowest BCUT2D eigenvalue weighted by Crippen LogP contribution is -2.30. The Morgan fingerprint density at radius 3 is 2.24 bits per heavy atom. The summed E-state index contributed by atoms with van der Waals surface area (Å²) in [4.78, 5) is 9.62. The van der Waals surface area contributed by atoms with Gasteiger partial charge in [-0.1, -0.05) is 26.8 Å². The van der Waals surface area contributed by atoms with E-state index >= 15 is 0 Å². The van der Waals surface area contributed by atoms with Crippen molar-refractivity contribution in [1.29, 1.82) is 0 Å². The molecule has 0 aliphatic carbocycles. The molecule has 1 N–H and O–H groups in total. The molecule has 0 spiro atoms. The zero-order valence-corrected chi connectivity index (χ0v) is 14.2. The Balaban J connectivity index is 2.44. The molecule has 120 valence electrons. The topological polar surface area (TPSA) is 31.4 Å². The van der Waals surface area contributed by atoms with Crippen LogP contribution in [0.4, 0.5) is 5.82 Å². The first-order valence-electron chi connectivity index (χ1n) is 8.37. The fourth-order valence-corrected chi connectivity index (χ4v) is 2.48. The van der Waals surface area contributed by atoms with Gasteiger partial charge in [-0.2, -0.15) is 0 Å². The van der Waals surface area contributed by atoms with Gasteiger partial charge in [-0.15, -0.1) is 0 Å². The quantitative estimate of drug-likeness (QED) is 0.679.